The Morgan fingerprint density at radius 1 is 1.17 bits per heavy atom. The van der Waals surface area contributed by atoms with Gasteiger partial charge in [0.2, 0.25) is 11.1 Å². The van der Waals surface area contributed by atoms with Gasteiger partial charge in [-0.2, -0.15) is 0 Å². The van der Waals surface area contributed by atoms with Gasteiger partial charge in [0.25, 0.3) is 0 Å². The Bertz CT molecular complexity index is 942. The highest BCUT2D eigenvalue weighted by Crippen LogP contribution is 2.31. The van der Waals surface area contributed by atoms with E-state index in [1.54, 1.807) is 4.90 Å². The molecule has 0 N–H and O–H groups in total. The van der Waals surface area contributed by atoms with Crippen LogP contribution in [0.4, 0.5) is 0 Å². The zero-order chi connectivity index (χ0) is 20.3. The number of benzene rings is 1. The van der Waals surface area contributed by atoms with Gasteiger partial charge < -0.3 is 4.90 Å². The van der Waals surface area contributed by atoms with Crippen molar-refractivity contribution in [2.24, 2.45) is 0 Å². The average Bonchev–Trinajstić information content (AvgIpc) is 3.45. The summed E-state index contributed by atoms with van der Waals surface area (Å²) in [7, 11) is -3.08. The van der Waals surface area contributed by atoms with Crippen LogP contribution in [0.3, 0.4) is 0 Å². The average molecular weight is 436 g/mol. The molecule has 29 heavy (non-hydrogen) atoms. The minimum absolute atomic E-state index is 0.0378. The van der Waals surface area contributed by atoms with Gasteiger partial charge in [-0.3, -0.25) is 4.79 Å². The fraction of sp³-hybridized carbons (Fsp3) is 0.579. The van der Waals surface area contributed by atoms with Crippen molar-refractivity contribution in [3.63, 3.8) is 0 Å². The van der Waals surface area contributed by atoms with Crippen LogP contribution in [0.25, 0.3) is 0 Å². The Kier molecular flexibility index (Phi) is 6.19. The number of carbonyl (C=O) groups is 1. The lowest BCUT2D eigenvalue weighted by molar-refractivity contribution is -0.130. The van der Waals surface area contributed by atoms with E-state index >= 15 is 0 Å². The number of nitrogens with zero attached hydrogens (tertiary/aromatic N) is 5. The first-order valence-electron chi connectivity index (χ1n) is 9.96. The van der Waals surface area contributed by atoms with Gasteiger partial charge in [-0.1, -0.05) is 54.9 Å². The minimum atomic E-state index is -3.08. The summed E-state index contributed by atoms with van der Waals surface area (Å²) in [6.45, 7) is 0.411. The molecule has 8 nitrogen and oxygen atoms in total. The van der Waals surface area contributed by atoms with E-state index in [-0.39, 0.29) is 29.2 Å². The smallest absolute Gasteiger partial charge is 0.233 e. The molecule has 1 amide bonds. The van der Waals surface area contributed by atoms with Crippen LogP contribution >= 0.6 is 11.8 Å². The monoisotopic (exact) mass is 435 g/mol. The Morgan fingerprint density at radius 2 is 1.93 bits per heavy atom. The van der Waals surface area contributed by atoms with Crippen molar-refractivity contribution in [1.29, 1.82) is 0 Å². The Morgan fingerprint density at radius 3 is 2.62 bits per heavy atom. The molecule has 1 aliphatic carbocycles. The summed E-state index contributed by atoms with van der Waals surface area (Å²) >= 11 is 1.33. The summed E-state index contributed by atoms with van der Waals surface area (Å²) in [5.74, 6) is 0.289. The van der Waals surface area contributed by atoms with Crippen LogP contribution in [-0.4, -0.2) is 62.7 Å². The Hall–Kier alpha value is -1.94. The fourth-order valence-electron chi connectivity index (χ4n) is 4.09. The highest BCUT2D eigenvalue weighted by atomic mass is 32.2. The van der Waals surface area contributed by atoms with E-state index in [0.717, 1.165) is 18.4 Å². The summed E-state index contributed by atoms with van der Waals surface area (Å²) in [5, 5.41) is 12.7. The van der Waals surface area contributed by atoms with Gasteiger partial charge in [-0.15, -0.1) is 5.10 Å². The van der Waals surface area contributed by atoms with Crippen LogP contribution in [0.5, 0.6) is 0 Å². The van der Waals surface area contributed by atoms with E-state index in [2.05, 4.69) is 15.5 Å². The van der Waals surface area contributed by atoms with Crippen LogP contribution in [0.15, 0.2) is 35.5 Å². The van der Waals surface area contributed by atoms with E-state index in [0.29, 0.717) is 24.2 Å². The largest absolute Gasteiger partial charge is 0.334 e. The second-order valence-corrected chi connectivity index (χ2v) is 10.9. The topological polar surface area (TPSA) is 98.1 Å². The standard InChI is InChI=1S/C19H25N5O3S2/c25-18(13-28-19-20-21-22-24(19)16-8-4-5-9-16)23(12-15-6-2-1-3-7-15)17-10-11-29(26,27)14-17/h1-3,6-7,16-17H,4-5,8-14H2/t17-/m1/s1. The van der Waals surface area contributed by atoms with Gasteiger partial charge in [-0.25, -0.2) is 13.1 Å². The first-order chi connectivity index (χ1) is 14.0. The molecular weight excluding hydrogens is 410 g/mol. The molecule has 1 aromatic carbocycles. The third-order valence-corrected chi connectivity index (χ3v) is 8.29. The number of hydrogen-bond acceptors (Lipinski definition) is 7. The highest BCUT2D eigenvalue weighted by molar-refractivity contribution is 7.99. The molecule has 2 aliphatic rings. The van der Waals surface area contributed by atoms with Crippen LogP contribution in [0, 0.1) is 0 Å². The molecule has 1 saturated heterocycles. The number of sulfone groups is 1. The SMILES string of the molecule is O=C(CSc1nnnn1C1CCCC1)N(Cc1ccccc1)[C@@H]1CCS(=O)(=O)C1. The normalized spacial score (nSPS) is 21.4. The fourth-order valence-corrected chi connectivity index (χ4v) is 6.65. The van der Waals surface area contributed by atoms with E-state index in [1.165, 1.54) is 24.6 Å². The molecule has 2 heterocycles. The number of hydrogen-bond donors (Lipinski definition) is 0. The van der Waals surface area contributed by atoms with Gasteiger partial charge >= 0.3 is 0 Å². The molecule has 0 radical (unpaired) electrons. The van der Waals surface area contributed by atoms with Gasteiger partial charge in [0, 0.05) is 12.6 Å². The third kappa shape index (κ3) is 4.98. The molecule has 0 bridgehead atoms. The van der Waals surface area contributed by atoms with Crippen molar-refractivity contribution in [2.75, 3.05) is 17.3 Å². The number of rotatable bonds is 7. The molecule has 1 saturated carbocycles. The molecule has 1 atom stereocenters. The van der Waals surface area contributed by atoms with Crippen LogP contribution in [0.1, 0.15) is 43.7 Å². The summed E-state index contributed by atoms with van der Waals surface area (Å²) in [6.07, 6.45) is 4.97. The predicted octanol–water partition coefficient (Wildman–Crippen LogP) is 2.10. The maximum Gasteiger partial charge on any atom is 0.233 e. The van der Waals surface area contributed by atoms with E-state index in [9.17, 15) is 13.2 Å². The van der Waals surface area contributed by atoms with Crippen molar-refractivity contribution >= 4 is 27.5 Å². The number of thioether (sulfide) groups is 1. The molecule has 0 spiro atoms. The van der Waals surface area contributed by atoms with Gasteiger partial charge in [0.05, 0.1) is 23.3 Å². The molecule has 2 aromatic rings. The minimum Gasteiger partial charge on any atom is -0.334 e. The lowest BCUT2D eigenvalue weighted by Gasteiger charge is -2.28. The summed E-state index contributed by atoms with van der Waals surface area (Å²) < 4.78 is 25.8. The molecule has 156 valence electrons. The van der Waals surface area contributed by atoms with Gasteiger partial charge in [-0.05, 0) is 35.3 Å². The van der Waals surface area contributed by atoms with Gasteiger partial charge in [0.1, 0.15) is 0 Å². The van der Waals surface area contributed by atoms with Crippen LogP contribution in [0.2, 0.25) is 0 Å². The van der Waals surface area contributed by atoms with Crippen molar-refractivity contribution in [3.8, 4) is 0 Å². The first kappa shape index (κ1) is 20.3. The molecule has 4 rings (SSSR count). The van der Waals surface area contributed by atoms with Crippen LogP contribution in [-0.2, 0) is 21.2 Å². The second-order valence-electron chi connectivity index (χ2n) is 7.70. The van der Waals surface area contributed by atoms with Crippen molar-refractivity contribution in [3.05, 3.63) is 35.9 Å². The van der Waals surface area contributed by atoms with Gasteiger partial charge in [0.15, 0.2) is 9.84 Å². The van der Waals surface area contributed by atoms with Crippen LogP contribution < -0.4 is 0 Å². The zero-order valence-electron chi connectivity index (χ0n) is 16.2. The number of tetrazole rings is 1. The molecule has 1 aliphatic heterocycles. The molecular formula is C19H25N5O3S2. The molecule has 1 aromatic heterocycles. The molecule has 10 heteroatoms. The Labute approximate surface area is 175 Å². The van der Waals surface area contributed by atoms with Crippen molar-refractivity contribution in [2.45, 2.75) is 55.9 Å². The lowest BCUT2D eigenvalue weighted by Crippen LogP contribution is -2.41. The number of amides is 1. The summed E-state index contributed by atoms with van der Waals surface area (Å²) in [4.78, 5) is 14.8. The summed E-state index contributed by atoms with van der Waals surface area (Å²) in [5.41, 5.74) is 0.992. The second kappa shape index (κ2) is 8.83. The van der Waals surface area contributed by atoms with E-state index < -0.39 is 9.84 Å². The summed E-state index contributed by atoms with van der Waals surface area (Å²) in [6, 6.07) is 9.72. The molecule has 2 fully saturated rings. The number of aromatic nitrogens is 4. The van der Waals surface area contributed by atoms with Crippen molar-refractivity contribution in [1.82, 2.24) is 25.1 Å². The number of carbonyl (C=O) groups excluding carboxylic acids is 1. The first-order valence-corrected chi connectivity index (χ1v) is 12.8. The molecule has 0 unspecified atom stereocenters. The maximum absolute atomic E-state index is 13.1. The van der Waals surface area contributed by atoms with E-state index in [1.807, 2.05) is 35.0 Å². The third-order valence-electron chi connectivity index (χ3n) is 5.62. The predicted molar refractivity (Wildman–Crippen MR) is 110 cm³/mol. The Balaban J connectivity index is 1.46. The van der Waals surface area contributed by atoms with E-state index in [4.69, 9.17) is 0 Å². The quantitative estimate of drug-likeness (QED) is 0.614. The lowest BCUT2D eigenvalue weighted by atomic mass is 10.1. The highest BCUT2D eigenvalue weighted by Gasteiger charge is 2.35. The van der Waals surface area contributed by atoms with Crippen molar-refractivity contribution < 1.29 is 13.2 Å². The zero-order valence-corrected chi connectivity index (χ0v) is 17.8. The maximum atomic E-state index is 13.1.